The number of ether oxygens (including phenoxy) is 1. The number of amides is 1. The zero-order chi connectivity index (χ0) is 14.8. The fourth-order valence-electron chi connectivity index (χ4n) is 3.29. The van der Waals surface area contributed by atoms with Gasteiger partial charge in [0, 0.05) is 24.8 Å². The van der Waals surface area contributed by atoms with Gasteiger partial charge in [-0.05, 0) is 38.3 Å². The molecule has 0 spiro atoms. The molecule has 4 heteroatoms. The van der Waals surface area contributed by atoms with Crippen molar-refractivity contribution in [2.24, 2.45) is 0 Å². The smallest absolute Gasteiger partial charge is 0.242 e. The first kappa shape index (κ1) is 14.4. The van der Waals surface area contributed by atoms with Crippen molar-refractivity contribution in [1.82, 2.24) is 4.90 Å². The third-order valence-corrected chi connectivity index (χ3v) is 4.56. The van der Waals surface area contributed by atoms with Crippen LogP contribution in [0.1, 0.15) is 25.8 Å². The number of nitrogens with zero attached hydrogens (tertiary/aromatic N) is 2. The summed E-state index contributed by atoms with van der Waals surface area (Å²) in [5.74, 6) is 0.216. The molecule has 1 amide bonds. The average Bonchev–Trinajstić information content (AvgIpc) is 2.50. The number of morpholine rings is 1. The summed E-state index contributed by atoms with van der Waals surface area (Å²) >= 11 is 0. The first-order valence-electron chi connectivity index (χ1n) is 7.89. The van der Waals surface area contributed by atoms with E-state index in [4.69, 9.17) is 4.74 Å². The minimum atomic E-state index is 0.147. The molecule has 1 saturated heterocycles. The van der Waals surface area contributed by atoms with Crippen LogP contribution in [0.4, 0.5) is 5.69 Å². The van der Waals surface area contributed by atoms with Crippen LogP contribution in [0.2, 0.25) is 0 Å². The second-order valence-corrected chi connectivity index (χ2v) is 6.17. The maximum Gasteiger partial charge on any atom is 0.242 e. The molecule has 1 fully saturated rings. The van der Waals surface area contributed by atoms with Gasteiger partial charge in [0.2, 0.25) is 5.91 Å². The van der Waals surface area contributed by atoms with E-state index in [9.17, 15) is 4.79 Å². The highest BCUT2D eigenvalue weighted by Gasteiger charge is 2.28. The normalized spacial score (nSPS) is 25.6. The number of hydrogen-bond acceptors (Lipinski definition) is 3. The third-order valence-electron chi connectivity index (χ3n) is 4.56. The molecule has 2 aliphatic rings. The summed E-state index contributed by atoms with van der Waals surface area (Å²) in [5.41, 5.74) is 2.59. The Balaban J connectivity index is 1.73. The molecule has 21 heavy (non-hydrogen) atoms. The highest BCUT2D eigenvalue weighted by Crippen LogP contribution is 2.30. The van der Waals surface area contributed by atoms with Crippen molar-refractivity contribution in [3.8, 4) is 0 Å². The van der Waals surface area contributed by atoms with Crippen LogP contribution in [-0.4, -0.2) is 49.2 Å². The van der Waals surface area contributed by atoms with Gasteiger partial charge in [-0.3, -0.25) is 4.79 Å². The maximum absolute atomic E-state index is 12.6. The van der Waals surface area contributed by atoms with E-state index in [1.807, 2.05) is 11.8 Å². The number of anilines is 1. The number of aryl methyl sites for hydroxylation is 1. The minimum absolute atomic E-state index is 0.147. The summed E-state index contributed by atoms with van der Waals surface area (Å²) in [5, 5.41) is 0. The molecular weight excluding hydrogens is 264 g/mol. The van der Waals surface area contributed by atoms with Gasteiger partial charge in [-0.1, -0.05) is 18.2 Å². The lowest BCUT2D eigenvalue weighted by molar-refractivity contribution is -0.136. The van der Waals surface area contributed by atoms with Crippen LogP contribution in [0, 0.1) is 0 Å². The van der Waals surface area contributed by atoms with Gasteiger partial charge in [0.15, 0.2) is 0 Å². The lowest BCUT2D eigenvalue weighted by atomic mass is 9.96. The van der Waals surface area contributed by atoms with E-state index in [1.54, 1.807) is 0 Å². The van der Waals surface area contributed by atoms with Crippen molar-refractivity contribution in [3.63, 3.8) is 0 Å². The van der Waals surface area contributed by atoms with Crippen LogP contribution in [0.5, 0.6) is 0 Å². The number of fused-ring (bicyclic) bond motifs is 1. The van der Waals surface area contributed by atoms with Gasteiger partial charge in [-0.25, -0.2) is 0 Å². The molecule has 0 bridgehead atoms. The Bertz CT molecular complexity index is 517. The molecular formula is C17H24N2O2. The Hall–Kier alpha value is -1.55. The fourth-order valence-corrected chi connectivity index (χ4v) is 3.29. The number of para-hydroxylation sites is 1. The van der Waals surface area contributed by atoms with Crippen LogP contribution in [0.25, 0.3) is 0 Å². The van der Waals surface area contributed by atoms with Crippen molar-refractivity contribution in [1.29, 1.82) is 0 Å². The van der Waals surface area contributed by atoms with Crippen molar-refractivity contribution < 1.29 is 9.53 Å². The third kappa shape index (κ3) is 3.05. The van der Waals surface area contributed by atoms with Gasteiger partial charge in [0.05, 0.1) is 19.3 Å². The average molecular weight is 288 g/mol. The number of benzene rings is 1. The largest absolute Gasteiger partial charge is 0.375 e. The van der Waals surface area contributed by atoms with E-state index < -0.39 is 0 Å². The summed E-state index contributed by atoms with van der Waals surface area (Å²) in [7, 11) is 0. The summed E-state index contributed by atoms with van der Waals surface area (Å²) < 4.78 is 5.52. The van der Waals surface area contributed by atoms with Crippen molar-refractivity contribution in [2.45, 2.75) is 38.8 Å². The molecule has 0 radical (unpaired) electrons. The molecule has 1 aromatic rings. The second kappa shape index (κ2) is 6.06. The Morgan fingerprint density at radius 2 is 2.14 bits per heavy atom. The van der Waals surface area contributed by atoms with Gasteiger partial charge < -0.3 is 14.5 Å². The zero-order valence-electron chi connectivity index (χ0n) is 12.9. The Kier molecular flexibility index (Phi) is 4.15. The van der Waals surface area contributed by atoms with Crippen LogP contribution >= 0.6 is 0 Å². The molecule has 0 saturated carbocycles. The lowest BCUT2D eigenvalue weighted by Crippen LogP contribution is -2.50. The second-order valence-electron chi connectivity index (χ2n) is 6.17. The SMILES string of the molecule is C[C@@H]1CN(C(=O)CN2c3ccccc3CC[C@@H]2C)CCO1. The fraction of sp³-hybridized carbons (Fsp3) is 0.588. The van der Waals surface area contributed by atoms with Gasteiger partial charge >= 0.3 is 0 Å². The quantitative estimate of drug-likeness (QED) is 0.835. The molecule has 114 valence electrons. The van der Waals surface area contributed by atoms with Crippen molar-refractivity contribution in [3.05, 3.63) is 29.8 Å². The number of carbonyl (C=O) groups is 1. The summed E-state index contributed by atoms with van der Waals surface area (Å²) in [4.78, 5) is 16.8. The van der Waals surface area contributed by atoms with Gasteiger partial charge in [0.1, 0.15) is 0 Å². The predicted molar refractivity (Wildman–Crippen MR) is 83.6 cm³/mol. The van der Waals surface area contributed by atoms with E-state index in [0.29, 0.717) is 32.3 Å². The monoisotopic (exact) mass is 288 g/mol. The summed E-state index contributed by atoms with van der Waals surface area (Å²) in [6.45, 7) is 6.79. The molecule has 2 atom stereocenters. The first-order chi connectivity index (χ1) is 10.1. The molecule has 1 aromatic carbocycles. The van der Waals surface area contributed by atoms with Crippen LogP contribution in [-0.2, 0) is 16.0 Å². The molecule has 2 heterocycles. The van der Waals surface area contributed by atoms with E-state index >= 15 is 0 Å². The summed E-state index contributed by atoms with van der Waals surface area (Å²) in [6, 6.07) is 8.88. The van der Waals surface area contributed by atoms with Crippen LogP contribution in [0.3, 0.4) is 0 Å². The Morgan fingerprint density at radius 3 is 2.95 bits per heavy atom. The molecule has 0 aliphatic carbocycles. The highest BCUT2D eigenvalue weighted by molar-refractivity contribution is 5.82. The summed E-state index contributed by atoms with van der Waals surface area (Å²) in [6.07, 6.45) is 2.37. The van der Waals surface area contributed by atoms with Gasteiger partial charge in [-0.15, -0.1) is 0 Å². The van der Waals surface area contributed by atoms with Crippen LogP contribution in [0.15, 0.2) is 24.3 Å². The zero-order valence-corrected chi connectivity index (χ0v) is 12.9. The van der Waals surface area contributed by atoms with Crippen molar-refractivity contribution in [2.75, 3.05) is 31.1 Å². The van der Waals surface area contributed by atoms with Crippen LogP contribution < -0.4 is 4.90 Å². The minimum Gasteiger partial charge on any atom is -0.375 e. The van der Waals surface area contributed by atoms with E-state index in [0.717, 1.165) is 12.8 Å². The number of hydrogen-bond donors (Lipinski definition) is 0. The van der Waals surface area contributed by atoms with Gasteiger partial charge in [-0.2, -0.15) is 0 Å². The van der Waals surface area contributed by atoms with Crippen molar-refractivity contribution >= 4 is 11.6 Å². The van der Waals surface area contributed by atoms with E-state index in [2.05, 4.69) is 36.1 Å². The maximum atomic E-state index is 12.6. The molecule has 0 aromatic heterocycles. The molecule has 0 unspecified atom stereocenters. The highest BCUT2D eigenvalue weighted by atomic mass is 16.5. The number of carbonyl (C=O) groups excluding carboxylic acids is 1. The van der Waals surface area contributed by atoms with Gasteiger partial charge in [0.25, 0.3) is 0 Å². The molecule has 2 aliphatic heterocycles. The Morgan fingerprint density at radius 1 is 1.33 bits per heavy atom. The topological polar surface area (TPSA) is 32.8 Å². The van der Waals surface area contributed by atoms with E-state index in [-0.39, 0.29) is 12.0 Å². The predicted octanol–water partition coefficient (Wildman–Crippen LogP) is 2.07. The Labute approximate surface area is 126 Å². The van der Waals surface area contributed by atoms with E-state index in [1.165, 1.54) is 11.3 Å². The lowest BCUT2D eigenvalue weighted by Gasteiger charge is -2.39. The standard InChI is InChI=1S/C17H24N2O2/c1-13-7-8-15-5-3-4-6-16(15)19(13)12-17(20)18-9-10-21-14(2)11-18/h3-6,13-14H,7-12H2,1-2H3/t13-,14+/m0/s1. The molecule has 4 nitrogen and oxygen atoms in total. The number of rotatable bonds is 2. The first-order valence-corrected chi connectivity index (χ1v) is 7.89. The molecule has 3 rings (SSSR count). The molecule has 0 N–H and O–H groups in total.